The SMILES string of the molecule is COc1ccc(OC)c(C(=O)N2CCN(Cc3ccc4c(c3)OCO4)CC2)c1. The zero-order valence-corrected chi connectivity index (χ0v) is 16.1. The molecule has 2 aromatic rings. The van der Waals surface area contributed by atoms with Crippen LogP contribution in [0.5, 0.6) is 23.0 Å². The first-order valence-electron chi connectivity index (χ1n) is 9.30. The molecular weight excluding hydrogens is 360 g/mol. The summed E-state index contributed by atoms with van der Waals surface area (Å²) in [5, 5.41) is 0. The summed E-state index contributed by atoms with van der Waals surface area (Å²) < 4.78 is 21.4. The van der Waals surface area contributed by atoms with Crippen molar-refractivity contribution in [2.45, 2.75) is 6.54 Å². The highest BCUT2D eigenvalue weighted by Gasteiger charge is 2.25. The number of ether oxygens (including phenoxy) is 4. The monoisotopic (exact) mass is 384 g/mol. The Bertz CT molecular complexity index is 862. The third kappa shape index (κ3) is 3.71. The van der Waals surface area contributed by atoms with Crippen molar-refractivity contribution in [3.8, 4) is 23.0 Å². The molecule has 0 N–H and O–H groups in total. The molecule has 0 unspecified atom stereocenters. The maximum Gasteiger partial charge on any atom is 0.257 e. The van der Waals surface area contributed by atoms with E-state index >= 15 is 0 Å². The largest absolute Gasteiger partial charge is 0.497 e. The van der Waals surface area contributed by atoms with Crippen LogP contribution in [0.2, 0.25) is 0 Å². The van der Waals surface area contributed by atoms with Gasteiger partial charge in [0.15, 0.2) is 11.5 Å². The van der Waals surface area contributed by atoms with Crippen LogP contribution in [-0.2, 0) is 6.54 Å². The molecule has 2 aliphatic rings. The number of piperazine rings is 1. The minimum atomic E-state index is -0.0292. The molecule has 0 saturated carbocycles. The second-order valence-electron chi connectivity index (χ2n) is 6.82. The van der Waals surface area contributed by atoms with Crippen LogP contribution >= 0.6 is 0 Å². The minimum absolute atomic E-state index is 0.0292. The van der Waals surface area contributed by atoms with E-state index in [1.165, 1.54) is 5.56 Å². The minimum Gasteiger partial charge on any atom is -0.497 e. The van der Waals surface area contributed by atoms with Gasteiger partial charge < -0.3 is 23.8 Å². The van der Waals surface area contributed by atoms with Gasteiger partial charge in [0.1, 0.15) is 11.5 Å². The average molecular weight is 384 g/mol. The van der Waals surface area contributed by atoms with E-state index < -0.39 is 0 Å². The van der Waals surface area contributed by atoms with Gasteiger partial charge in [-0.2, -0.15) is 0 Å². The van der Waals surface area contributed by atoms with E-state index in [4.69, 9.17) is 18.9 Å². The number of carbonyl (C=O) groups is 1. The molecule has 148 valence electrons. The van der Waals surface area contributed by atoms with Gasteiger partial charge in [0.05, 0.1) is 19.8 Å². The van der Waals surface area contributed by atoms with Gasteiger partial charge in [-0.1, -0.05) is 6.07 Å². The Labute approximate surface area is 164 Å². The van der Waals surface area contributed by atoms with E-state index in [0.29, 0.717) is 30.2 Å². The number of methoxy groups -OCH3 is 2. The quantitative estimate of drug-likeness (QED) is 0.789. The highest BCUT2D eigenvalue weighted by Crippen LogP contribution is 2.33. The lowest BCUT2D eigenvalue weighted by Gasteiger charge is -2.35. The van der Waals surface area contributed by atoms with Crippen LogP contribution in [0.25, 0.3) is 0 Å². The molecule has 0 bridgehead atoms. The predicted octanol–water partition coefficient (Wildman–Crippen LogP) is 2.39. The summed E-state index contributed by atoms with van der Waals surface area (Å²) in [7, 11) is 3.16. The molecule has 0 spiro atoms. The van der Waals surface area contributed by atoms with Crippen molar-refractivity contribution in [2.24, 2.45) is 0 Å². The maximum atomic E-state index is 13.0. The molecule has 0 atom stereocenters. The standard InChI is InChI=1S/C21H24N2O5/c1-25-16-4-6-18(26-2)17(12-16)21(24)23-9-7-22(8-10-23)13-15-3-5-19-20(11-15)28-14-27-19/h3-6,11-12H,7-10,13-14H2,1-2H3. The topological polar surface area (TPSA) is 60.5 Å². The molecule has 2 heterocycles. The highest BCUT2D eigenvalue weighted by atomic mass is 16.7. The zero-order chi connectivity index (χ0) is 19.5. The number of nitrogens with zero attached hydrogens (tertiary/aromatic N) is 2. The lowest BCUT2D eigenvalue weighted by atomic mass is 10.1. The summed E-state index contributed by atoms with van der Waals surface area (Å²) in [5.41, 5.74) is 1.71. The summed E-state index contributed by atoms with van der Waals surface area (Å²) in [6.45, 7) is 4.07. The Kier molecular flexibility index (Phi) is 5.25. The van der Waals surface area contributed by atoms with Crippen molar-refractivity contribution >= 4 is 5.91 Å². The molecule has 0 aliphatic carbocycles. The number of rotatable bonds is 5. The molecule has 1 fully saturated rings. The molecule has 0 radical (unpaired) electrons. The molecule has 0 aromatic heterocycles. The van der Waals surface area contributed by atoms with Crippen LogP contribution in [0, 0.1) is 0 Å². The third-order valence-corrected chi connectivity index (χ3v) is 5.14. The highest BCUT2D eigenvalue weighted by molar-refractivity contribution is 5.97. The Hall–Kier alpha value is -2.93. The van der Waals surface area contributed by atoms with E-state index in [9.17, 15) is 4.79 Å². The fourth-order valence-electron chi connectivity index (χ4n) is 3.56. The summed E-state index contributed by atoms with van der Waals surface area (Å²) in [6, 6.07) is 11.3. The molecule has 7 nitrogen and oxygen atoms in total. The summed E-state index contributed by atoms with van der Waals surface area (Å²) in [5.74, 6) is 2.78. The normalized spacial score (nSPS) is 16.1. The third-order valence-electron chi connectivity index (χ3n) is 5.14. The first-order chi connectivity index (χ1) is 13.7. The molecule has 4 rings (SSSR count). The Morgan fingerprint density at radius 1 is 0.964 bits per heavy atom. The molecule has 1 saturated heterocycles. The second-order valence-corrected chi connectivity index (χ2v) is 6.82. The smallest absolute Gasteiger partial charge is 0.257 e. The van der Waals surface area contributed by atoms with E-state index in [-0.39, 0.29) is 12.7 Å². The van der Waals surface area contributed by atoms with E-state index in [2.05, 4.69) is 11.0 Å². The van der Waals surface area contributed by atoms with Crippen LogP contribution in [-0.4, -0.2) is 62.9 Å². The fraction of sp³-hybridized carbons (Fsp3) is 0.381. The lowest BCUT2D eigenvalue weighted by molar-refractivity contribution is 0.0625. The predicted molar refractivity (Wildman–Crippen MR) is 103 cm³/mol. The van der Waals surface area contributed by atoms with Crippen molar-refractivity contribution in [1.29, 1.82) is 0 Å². The van der Waals surface area contributed by atoms with Gasteiger partial charge in [-0.05, 0) is 35.9 Å². The molecule has 7 heteroatoms. The van der Waals surface area contributed by atoms with Crippen LogP contribution < -0.4 is 18.9 Å². The van der Waals surface area contributed by atoms with Gasteiger partial charge in [0.25, 0.3) is 5.91 Å². The first kappa shape index (κ1) is 18.4. The van der Waals surface area contributed by atoms with E-state index in [1.807, 2.05) is 17.0 Å². The van der Waals surface area contributed by atoms with Gasteiger partial charge in [-0.3, -0.25) is 9.69 Å². The Morgan fingerprint density at radius 2 is 1.75 bits per heavy atom. The number of hydrogen-bond acceptors (Lipinski definition) is 6. The maximum absolute atomic E-state index is 13.0. The number of fused-ring (bicyclic) bond motifs is 1. The molecule has 28 heavy (non-hydrogen) atoms. The second kappa shape index (κ2) is 7.98. The zero-order valence-electron chi connectivity index (χ0n) is 16.1. The van der Waals surface area contributed by atoms with Crippen molar-refractivity contribution in [3.63, 3.8) is 0 Å². The molecule has 1 amide bonds. The van der Waals surface area contributed by atoms with Crippen LogP contribution in [0.4, 0.5) is 0 Å². The lowest BCUT2D eigenvalue weighted by Crippen LogP contribution is -2.48. The van der Waals surface area contributed by atoms with Crippen molar-refractivity contribution in [3.05, 3.63) is 47.5 Å². The van der Waals surface area contributed by atoms with Gasteiger partial charge in [0.2, 0.25) is 6.79 Å². The number of amides is 1. The Morgan fingerprint density at radius 3 is 2.50 bits per heavy atom. The molecular formula is C21H24N2O5. The van der Waals surface area contributed by atoms with Gasteiger partial charge in [-0.15, -0.1) is 0 Å². The average Bonchev–Trinajstić information content (AvgIpc) is 3.21. The van der Waals surface area contributed by atoms with Crippen molar-refractivity contribution in [2.75, 3.05) is 47.2 Å². The number of carbonyl (C=O) groups excluding carboxylic acids is 1. The summed E-state index contributed by atoms with van der Waals surface area (Å²) in [6.07, 6.45) is 0. The van der Waals surface area contributed by atoms with Crippen LogP contribution in [0.1, 0.15) is 15.9 Å². The van der Waals surface area contributed by atoms with Crippen molar-refractivity contribution < 1.29 is 23.7 Å². The van der Waals surface area contributed by atoms with Gasteiger partial charge >= 0.3 is 0 Å². The molecule has 2 aliphatic heterocycles. The fourth-order valence-corrected chi connectivity index (χ4v) is 3.56. The van der Waals surface area contributed by atoms with E-state index in [1.54, 1.807) is 32.4 Å². The van der Waals surface area contributed by atoms with Gasteiger partial charge in [0, 0.05) is 32.7 Å². The van der Waals surface area contributed by atoms with Gasteiger partial charge in [-0.25, -0.2) is 0 Å². The molecule has 2 aromatic carbocycles. The van der Waals surface area contributed by atoms with E-state index in [0.717, 1.165) is 31.1 Å². The number of hydrogen-bond donors (Lipinski definition) is 0. The van der Waals surface area contributed by atoms with Crippen molar-refractivity contribution in [1.82, 2.24) is 9.80 Å². The summed E-state index contributed by atoms with van der Waals surface area (Å²) in [4.78, 5) is 17.2. The van der Waals surface area contributed by atoms with Crippen LogP contribution in [0.15, 0.2) is 36.4 Å². The Balaban J connectivity index is 1.38. The first-order valence-corrected chi connectivity index (χ1v) is 9.30. The summed E-state index contributed by atoms with van der Waals surface area (Å²) >= 11 is 0. The number of benzene rings is 2. The van der Waals surface area contributed by atoms with Crippen LogP contribution in [0.3, 0.4) is 0 Å².